The molecule has 0 spiro atoms. The number of aryl methyl sites for hydroxylation is 2. The van der Waals surface area contributed by atoms with E-state index in [-0.39, 0.29) is 16.5 Å². The molecule has 1 fully saturated rings. The molecule has 0 unspecified atom stereocenters. The zero-order valence-corrected chi connectivity index (χ0v) is 16.0. The van der Waals surface area contributed by atoms with Gasteiger partial charge < -0.3 is 4.90 Å². The van der Waals surface area contributed by atoms with Gasteiger partial charge in [0.05, 0.1) is 6.42 Å². The number of benzene rings is 1. The highest BCUT2D eigenvalue weighted by Gasteiger charge is 2.21. The second-order valence-electron chi connectivity index (χ2n) is 6.39. The third-order valence-electron chi connectivity index (χ3n) is 4.45. The number of hydrogen-bond acceptors (Lipinski definition) is 4. The summed E-state index contributed by atoms with van der Waals surface area (Å²) in [7, 11) is -3.63. The molecule has 5 nitrogen and oxygen atoms in total. The zero-order valence-electron chi connectivity index (χ0n) is 14.4. The van der Waals surface area contributed by atoms with Crippen molar-refractivity contribution in [2.24, 2.45) is 0 Å². The van der Waals surface area contributed by atoms with Gasteiger partial charge in [-0.2, -0.15) is 0 Å². The van der Waals surface area contributed by atoms with E-state index in [1.54, 1.807) is 18.2 Å². The van der Waals surface area contributed by atoms with Crippen molar-refractivity contribution >= 4 is 33.0 Å². The maximum absolute atomic E-state index is 12.6. The monoisotopic (exact) mass is 378 g/mol. The highest BCUT2D eigenvalue weighted by Crippen LogP contribution is 2.26. The molecule has 1 aromatic heterocycles. The van der Waals surface area contributed by atoms with Crippen molar-refractivity contribution in [1.82, 2.24) is 4.90 Å². The Morgan fingerprint density at radius 1 is 1.12 bits per heavy atom. The number of amides is 1. The Balaban J connectivity index is 1.71. The molecule has 134 valence electrons. The van der Waals surface area contributed by atoms with Crippen molar-refractivity contribution in [2.75, 3.05) is 17.8 Å². The number of rotatable bonds is 5. The molecule has 2 aromatic rings. The number of thiophene rings is 1. The van der Waals surface area contributed by atoms with Crippen LogP contribution in [-0.2, 0) is 21.2 Å². The van der Waals surface area contributed by atoms with Crippen molar-refractivity contribution in [1.29, 1.82) is 0 Å². The number of carbonyl (C=O) groups excluding carboxylic acids is 1. The van der Waals surface area contributed by atoms with Crippen LogP contribution in [0, 0.1) is 13.8 Å². The number of anilines is 1. The lowest BCUT2D eigenvalue weighted by atomic mass is 10.1. The Morgan fingerprint density at radius 2 is 1.84 bits per heavy atom. The molecule has 25 heavy (non-hydrogen) atoms. The topological polar surface area (TPSA) is 66.5 Å². The van der Waals surface area contributed by atoms with Crippen molar-refractivity contribution in [3.8, 4) is 0 Å². The number of likely N-dealkylation sites (tertiary alicyclic amines) is 1. The van der Waals surface area contributed by atoms with E-state index in [1.807, 2.05) is 30.9 Å². The predicted molar refractivity (Wildman–Crippen MR) is 101 cm³/mol. The lowest BCUT2D eigenvalue weighted by Crippen LogP contribution is -2.28. The largest absolute Gasteiger partial charge is 0.342 e. The summed E-state index contributed by atoms with van der Waals surface area (Å²) >= 11 is 1.16. The second-order valence-corrected chi connectivity index (χ2v) is 9.47. The SMILES string of the molecule is Cc1ccc(NS(=O)(=O)c2ccc(CC(=O)N3CCCC3)s2)cc1C. The highest BCUT2D eigenvalue weighted by atomic mass is 32.2. The molecule has 2 heterocycles. The van der Waals surface area contributed by atoms with Crippen molar-refractivity contribution in [3.63, 3.8) is 0 Å². The molecule has 1 aliphatic heterocycles. The first-order valence-corrected chi connectivity index (χ1v) is 10.6. The van der Waals surface area contributed by atoms with Crippen LogP contribution in [-0.4, -0.2) is 32.3 Å². The molecule has 1 aliphatic rings. The van der Waals surface area contributed by atoms with Crippen LogP contribution in [0.25, 0.3) is 0 Å². The van der Waals surface area contributed by atoms with Gasteiger partial charge in [0.2, 0.25) is 5.91 Å². The normalized spacial score (nSPS) is 14.7. The van der Waals surface area contributed by atoms with Crippen LogP contribution in [0.15, 0.2) is 34.5 Å². The standard InChI is InChI=1S/C18H22N2O3S2/c1-13-5-6-15(11-14(13)2)19-25(22,23)18-8-7-16(24-18)12-17(21)20-9-3-4-10-20/h5-8,11,19H,3-4,9-10,12H2,1-2H3. The lowest BCUT2D eigenvalue weighted by molar-refractivity contribution is -0.129. The van der Waals surface area contributed by atoms with Crippen molar-refractivity contribution in [2.45, 2.75) is 37.3 Å². The number of nitrogens with one attached hydrogen (secondary N) is 1. The van der Waals surface area contributed by atoms with E-state index in [1.165, 1.54) is 0 Å². The fraction of sp³-hybridized carbons (Fsp3) is 0.389. The average Bonchev–Trinajstić information content (AvgIpc) is 3.22. The first-order chi connectivity index (χ1) is 11.8. The third-order valence-corrected chi connectivity index (χ3v) is 7.40. The van der Waals surface area contributed by atoms with Crippen LogP contribution >= 0.6 is 11.3 Å². The molecule has 1 N–H and O–H groups in total. The van der Waals surface area contributed by atoms with Gasteiger partial charge >= 0.3 is 0 Å². The number of carbonyl (C=O) groups is 1. The molecule has 0 atom stereocenters. The van der Waals surface area contributed by atoms with Gasteiger partial charge in [-0.05, 0) is 62.1 Å². The summed E-state index contributed by atoms with van der Waals surface area (Å²) in [5.74, 6) is 0.0745. The van der Waals surface area contributed by atoms with E-state index in [9.17, 15) is 13.2 Å². The zero-order chi connectivity index (χ0) is 18.0. The summed E-state index contributed by atoms with van der Waals surface area (Å²) < 4.78 is 28.0. The molecular formula is C18H22N2O3S2. The molecule has 7 heteroatoms. The van der Waals surface area contributed by atoms with E-state index in [2.05, 4.69) is 4.72 Å². The minimum Gasteiger partial charge on any atom is -0.342 e. The van der Waals surface area contributed by atoms with Crippen LogP contribution in [0.1, 0.15) is 28.8 Å². The van der Waals surface area contributed by atoms with Gasteiger partial charge in [-0.1, -0.05) is 6.07 Å². The molecule has 0 aliphatic carbocycles. The fourth-order valence-electron chi connectivity index (χ4n) is 2.84. The molecular weight excluding hydrogens is 356 g/mol. The fourth-order valence-corrected chi connectivity index (χ4v) is 5.23. The van der Waals surface area contributed by atoms with Crippen LogP contribution in [0.3, 0.4) is 0 Å². The molecule has 1 amide bonds. The Morgan fingerprint density at radius 3 is 2.52 bits per heavy atom. The van der Waals surface area contributed by atoms with Gasteiger partial charge in [-0.15, -0.1) is 11.3 Å². The van der Waals surface area contributed by atoms with E-state index in [4.69, 9.17) is 0 Å². The molecule has 3 rings (SSSR count). The van der Waals surface area contributed by atoms with Crippen LogP contribution in [0.5, 0.6) is 0 Å². The predicted octanol–water partition coefficient (Wildman–Crippen LogP) is 3.33. The summed E-state index contributed by atoms with van der Waals surface area (Å²) in [6, 6.07) is 8.76. The van der Waals surface area contributed by atoms with Gasteiger partial charge in [0.25, 0.3) is 10.0 Å². The Kier molecular flexibility index (Phi) is 5.15. The summed E-state index contributed by atoms with van der Waals surface area (Å²) in [5, 5.41) is 0. The second kappa shape index (κ2) is 7.17. The van der Waals surface area contributed by atoms with Crippen molar-refractivity contribution in [3.05, 3.63) is 46.3 Å². The third kappa shape index (κ3) is 4.22. The summed E-state index contributed by atoms with van der Waals surface area (Å²) in [5.41, 5.74) is 2.69. The number of sulfonamides is 1. The van der Waals surface area contributed by atoms with Crippen LogP contribution in [0.2, 0.25) is 0 Å². The lowest BCUT2D eigenvalue weighted by Gasteiger charge is -2.14. The van der Waals surface area contributed by atoms with Gasteiger partial charge in [-0.25, -0.2) is 8.42 Å². The minimum atomic E-state index is -3.63. The Bertz CT molecular complexity index is 881. The highest BCUT2D eigenvalue weighted by molar-refractivity contribution is 7.94. The van der Waals surface area contributed by atoms with E-state index in [0.717, 1.165) is 53.3 Å². The quantitative estimate of drug-likeness (QED) is 0.868. The first-order valence-electron chi connectivity index (χ1n) is 8.32. The molecule has 0 bridgehead atoms. The molecule has 1 saturated heterocycles. The van der Waals surface area contributed by atoms with Gasteiger partial charge in [0.15, 0.2) is 0 Å². The molecule has 0 radical (unpaired) electrons. The maximum Gasteiger partial charge on any atom is 0.271 e. The summed E-state index contributed by atoms with van der Waals surface area (Å²) in [6.45, 7) is 5.55. The van der Waals surface area contributed by atoms with E-state index in [0.29, 0.717) is 5.69 Å². The van der Waals surface area contributed by atoms with Gasteiger partial charge in [0.1, 0.15) is 4.21 Å². The first kappa shape index (κ1) is 17.9. The van der Waals surface area contributed by atoms with Gasteiger partial charge in [-0.3, -0.25) is 9.52 Å². The van der Waals surface area contributed by atoms with Crippen molar-refractivity contribution < 1.29 is 13.2 Å². The van der Waals surface area contributed by atoms with E-state index < -0.39 is 10.0 Å². The van der Waals surface area contributed by atoms with Crippen LogP contribution < -0.4 is 4.72 Å². The average molecular weight is 379 g/mol. The van der Waals surface area contributed by atoms with Crippen LogP contribution in [0.4, 0.5) is 5.69 Å². The van der Waals surface area contributed by atoms with Gasteiger partial charge in [0, 0.05) is 23.7 Å². The summed E-state index contributed by atoms with van der Waals surface area (Å²) in [4.78, 5) is 14.8. The maximum atomic E-state index is 12.6. The Hall–Kier alpha value is -1.86. The smallest absolute Gasteiger partial charge is 0.271 e. The molecule has 1 aromatic carbocycles. The number of nitrogens with zero attached hydrogens (tertiary/aromatic N) is 1. The summed E-state index contributed by atoms with van der Waals surface area (Å²) in [6.07, 6.45) is 2.37. The number of hydrogen-bond donors (Lipinski definition) is 1. The molecule has 0 saturated carbocycles. The minimum absolute atomic E-state index is 0.0745. The van der Waals surface area contributed by atoms with E-state index >= 15 is 0 Å². The Labute approximate surface area is 152 Å².